The van der Waals surface area contributed by atoms with Crippen molar-refractivity contribution in [3.05, 3.63) is 58.6 Å². The molecule has 0 atom stereocenters. The quantitative estimate of drug-likeness (QED) is 0.554. The Morgan fingerprint density at radius 2 is 2.00 bits per heavy atom. The van der Waals surface area contributed by atoms with E-state index in [9.17, 15) is 5.11 Å². The summed E-state index contributed by atoms with van der Waals surface area (Å²) in [6, 6.07) is 12.9. The van der Waals surface area contributed by atoms with Gasteiger partial charge in [-0.25, -0.2) is 4.99 Å². The maximum Gasteiger partial charge on any atom is 0.191 e. The van der Waals surface area contributed by atoms with Gasteiger partial charge in [0.1, 0.15) is 0 Å². The third-order valence-electron chi connectivity index (χ3n) is 3.41. The SMILES string of the molecule is CCNC(=NCc1ccc(OC)c(O)c1)NCc1ccccc1Cl. The van der Waals surface area contributed by atoms with Gasteiger partial charge in [-0.2, -0.15) is 0 Å². The van der Waals surface area contributed by atoms with Gasteiger partial charge in [-0.3, -0.25) is 0 Å². The minimum Gasteiger partial charge on any atom is -0.504 e. The van der Waals surface area contributed by atoms with Crippen molar-refractivity contribution in [1.82, 2.24) is 10.6 Å². The first-order valence-electron chi connectivity index (χ1n) is 7.75. The van der Waals surface area contributed by atoms with E-state index >= 15 is 0 Å². The van der Waals surface area contributed by atoms with Crippen molar-refractivity contribution in [1.29, 1.82) is 0 Å². The predicted molar refractivity (Wildman–Crippen MR) is 97.8 cm³/mol. The van der Waals surface area contributed by atoms with Crippen LogP contribution in [0.3, 0.4) is 0 Å². The minimum absolute atomic E-state index is 0.110. The molecule has 0 saturated carbocycles. The highest BCUT2D eigenvalue weighted by Gasteiger charge is 2.04. The van der Waals surface area contributed by atoms with Crippen LogP contribution in [0.1, 0.15) is 18.1 Å². The molecule has 2 rings (SSSR count). The molecule has 2 aromatic carbocycles. The number of nitrogens with zero attached hydrogens (tertiary/aromatic N) is 1. The predicted octanol–water partition coefficient (Wildman–Crippen LogP) is 3.31. The van der Waals surface area contributed by atoms with E-state index in [0.29, 0.717) is 24.8 Å². The van der Waals surface area contributed by atoms with Crippen LogP contribution in [-0.4, -0.2) is 24.7 Å². The number of rotatable bonds is 6. The second kappa shape index (κ2) is 9.03. The van der Waals surface area contributed by atoms with Crippen LogP contribution >= 0.6 is 11.6 Å². The van der Waals surface area contributed by atoms with Crippen LogP contribution in [-0.2, 0) is 13.1 Å². The summed E-state index contributed by atoms with van der Waals surface area (Å²) >= 11 is 6.16. The van der Waals surface area contributed by atoms with Gasteiger partial charge in [-0.1, -0.05) is 35.9 Å². The highest BCUT2D eigenvalue weighted by atomic mass is 35.5. The average Bonchev–Trinajstić information content (AvgIpc) is 2.58. The lowest BCUT2D eigenvalue weighted by molar-refractivity contribution is 0.373. The summed E-state index contributed by atoms with van der Waals surface area (Å²) in [5.74, 6) is 1.25. The number of hydrogen-bond acceptors (Lipinski definition) is 3. The van der Waals surface area contributed by atoms with E-state index in [1.54, 1.807) is 12.1 Å². The summed E-state index contributed by atoms with van der Waals surface area (Å²) in [6.45, 7) is 3.78. The van der Waals surface area contributed by atoms with Gasteiger partial charge in [0.25, 0.3) is 0 Å². The summed E-state index contributed by atoms with van der Waals surface area (Å²) < 4.78 is 5.04. The molecule has 0 unspecified atom stereocenters. The van der Waals surface area contributed by atoms with Gasteiger partial charge in [0.2, 0.25) is 0 Å². The van der Waals surface area contributed by atoms with Crippen LogP contribution in [0, 0.1) is 0 Å². The van der Waals surface area contributed by atoms with Gasteiger partial charge in [0.05, 0.1) is 13.7 Å². The lowest BCUT2D eigenvalue weighted by atomic mass is 10.2. The van der Waals surface area contributed by atoms with Crippen molar-refractivity contribution in [2.24, 2.45) is 4.99 Å². The number of halogens is 1. The molecule has 0 aliphatic rings. The Morgan fingerprint density at radius 3 is 2.67 bits per heavy atom. The Kier molecular flexibility index (Phi) is 6.75. The van der Waals surface area contributed by atoms with Crippen LogP contribution in [0.25, 0.3) is 0 Å². The molecule has 0 bridgehead atoms. The summed E-state index contributed by atoms with van der Waals surface area (Å²) in [5, 5.41) is 17.0. The smallest absolute Gasteiger partial charge is 0.191 e. The fraction of sp³-hybridized carbons (Fsp3) is 0.278. The first-order valence-corrected chi connectivity index (χ1v) is 8.13. The van der Waals surface area contributed by atoms with Gasteiger partial charge in [-0.05, 0) is 36.2 Å². The number of guanidine groups is 1. The number of hydrogen-bond donors (Lipinski definition) is 3. The lowest BCUT2D eigenvalue weighted by Gasteiger charge is -2.12. The Balaban J connectivity index is 2.02. The van der Waals surface area contributed by atoms with Crippen LogP contribution in [0.4, 0.5) is 0 Å². The monoisotopic (exact) mass is 347 g/mol. The molecular weight excluding hydrogens is 326 g/mol. The molecule has 0 radical (unpaired) electrons. The molecule has 0 spiro atoms. The Morgan fingerprint density at radius 1 is 1.21 bits per heavy atom. The van der Waals surface area contributed by atoms with Crippen molar-refractivity contribution >= 4 is 17.6 Å². The first kappa shape index (κ1) is 17.9. The summed E-state index contributed by atoms with van der Waals surface area (Å²) in [6.07, 6.45) is 0. The number of methoxy groups -OCH3 is 1. The minimum atomic E-state index is 0.110. The maximum absolute atomic E-state index is 9.82. The van der Waals surface area contributed by atoms with E-state index in [4.69, 9.17) is 16.3 Å². The number of benzene rings is 2. The molecule has 0 aromatic heterocycles. The standard InChI is InChI=1S/C18H22ClN3O2/c1-3-20-18(22-12-14-6-4-5-7-15(14)19)21-11-13-8-9-17(24-2)16(23)10-13/h4-10,23H,3,11-12H2,1-2H3,(H2,20,21,22). The van der Waals surface area contributed by atoms with Crippen LogP contribution in [0.15, 0.2) is 47.5 Å². The molecule has 128 valence electrons. The zero-order valence-corrected chi connectivity index (χ0v) is 14.6. The summed E-state index contributed by atoms with van der Waals surface area (Å²) in [5.41, 5.74) is 1.90. The summed E-state index contributed by atoms with van der Waals surface area (Å²) in [4.78, 5) is 4.52. The van der Waals surface area contributed by atoms with Crippen LogP contribution < -0.4 is 15.4 Å². The second-order valence-electron chi connectivity index (χ2n) is 5.15. The van der Waals surface area contributed by atoms with Gasteiger partial charge < -0.3 is 20.5 Å². The highest BCUT2D eigenvalue weighted by Crippen LogP contribution is 2.26. The van der Waals surface area contributed by atoms with E-state index in [0.717, 1.165) is 22.7 Å². The average molecular weight is 348 g/mol. The van der Waals surface area contributed by atoms with Gasteiger partial charge >= 0.3 is 0 Å². The third kappa shape index (κ3) is 5.06. The molecule has 0 fully saturated rings. The molecular formula is C18H22ClN3O2. The Hall–Kier alpha value is -2.40. The maximum atomic E-state index is 9.82. The molecule has 0 amide bonds. The number of phenolic OH excluding ortho intramolecular Hbond substituents is 1. The van der Waals surface area contributed by atoms with E-state index in [2.05, 4.69) is 15.6 Å². The molecule has 3 N–H and O–H groups in total. The van der Waals surface area contributed by atoms with Gasteiger partial charge in [-0.15, -0.1) is 0 Å². The normalized spacial score (nSPS) is 11.2. The van der Waals surface area contributed by atoms with Gasteiger partial charge in [0, 0.05) is 18.1 Å². The molecule has 0 heterocycles. The fourth-order valence-corrected chi connectivity index (χ4v) is 2.37. The van der Waals surface area contributed by atoms with Crippen molar-refractivity contribution < 1.29 is 9.84 Å². The number of ether oxygens (including phenoxy) is 1. The zero-order chi connectivity index (χ0) is 17.4. The number of nitrogens with one attached hydrogen (secondary N) is 2. The van der Waals surface area contributed by atoms with Crippen LogP contribution in [0.5, 0.6) is 11.5 Å². The van der Waals surface area contributed by atoms with E-state index in [-0.39, 0.29) is 5.75 Å². The first-order chi connectivity index (χ1) is 11.6. The second-order valence-corrected chi connectivity index (χ2v) is 5.55. The largest absolute Gasteiger partial charge is 0.504 e. The zero-order valence-electron chi connectivity index (χ0n) is 13.8. The highest BCUT2D eigenvalue weighted by molar-refractivity contribution is 6.31. The number of aliphatic imine (C=N–C) groups is 1. The topological polar surface area (TPSA) is 65.9 Å². The van der Waals surface area contributed by atoms with Crippen molar-refractivity contribution in [2.45, 2.75) is 20.0 Å². The molecule has 0 saturated heterocycles. The third-order valence-corrected chi connectivity index (χ3v) is 3.78. The van der Waals surface area contributed by atoms with E-state index in [1.165, 1.54) is 7.11 Å². The van der Waals surface area contributed by atoms with Crippen LogP contribution in [0.2, 0.25) is 5.02 Å². The molecule has 6 heteroatoms. The van der Waals surface area contributed by atoms with Crippen molar-refractivity contribution in [3.63, 3.8) is 0 Å². The van der Waals surface area contributed by atoms with E-state index < -0.39 is 0 Å². The lowest BCUT2D eigenvalue weighted by Crippen LogP contribution is -2.36. The Labute approximate surface area is 147 Å². The molecule has 0 aliphatic carbocycles. The Bertz CT molecular complexity index is 704. The van der Waals surface area contributed by atoms with E-state index in [1.807, 2.05) is 37.3 Å². The molecule has 2 aromatic rings. The fourth-order valence-electron chi connectivity index (χ4n) is 2.17. The molecule has 5 nitrogen and oxygen atoms in total. The number of aromatic hydroxyl groups is 1. The van der Waals surface area contributed by atoms with Gasteiger partial charge in [0.15, 0.2) is 17.5 Å². The number of phenols is 1. The molecule has 24 heavy (non-hydrogen) atoms. The van der Waals surface area contributed by atoms with Crippen molar-refractivity contribution in [2.75, 3.05) is 13.7 Å². The molecule has 0 aliphatic heterocycles. The summed E-state index contributed by atoms with van der Waals surface area (Å²) in [7, 11) is 1.52. The van der Waals surface area contributed by atoms with Crippen molar-refractivity contribution in [3.8, 4) is 11.5 Å².